The van der Waals surface area contributed by atoms with E-state index in [1.54, 1.807) is 29.7 Å². The van der Waals surface area contributed by atoms with Crippen LogP contribution in [0.15, 0.2) is 118 Å². The van der Waals surface area contributed by atoms with E-state index in [0.717, 1.165) is 11.1 Å². The fourth-order valence-corrected chi connectivity index (χ4v) is 6.73. The van der Waals surface area contributed by atoms with Crippen LogP contribution in [0.2, 0.25) is 10.0 Å². The number of fused-ring (bicyclic) bond motifs is 1. The lowest BCUT2D eigenvalue weighted by Gasteiger charge is -2.25. The van der Waals surface area contributed by atoms with Gasteiger partial charge in [0.05, 0.1) is 28.5 Å². The van der Waals surface area contributed by atoms with Gasteiger partial charge in [-0.2, -0.15) is 0 Å². The summed E-state index contributed by atoms with van der Waals surface area (Å²) in [6.07, 6.45) is 1.79. The fourth-order valence-electron chi connectivity index (χ4n) is 5.23. The van der Waals surface area contributed by atoms with Crippen molar-refractivity contribution in [3.63, 3.8) is 0 Å². The van der Waals surface area contributed by atoms with Gasteiger partial charge in [-0.05, 0) is 68.0 Å². The number of amides is 1. The van der Waals surface area contributed by atoms with Crippen LogP contribution in [0.1, 0.15) is 36.6 Å². The van der Waals surface area contributed by atoms with Crippen molar-refractivity contribution in [1.82, 2.24) is 4.57 Å². The molecule has 0 radical (unpaired) electrons. The Kier molecular flexibility index (Phi) is 9.40. The van der Waals surface area contributed by atoms with Crippen LogP contribution in [0.25, 0.3) is 6.08 Å². The zero-order valence-electron chi connectivity index (χ0n) is 25.0. The topological polar surface area (TPSA) is 81.9 Å². The molecule has 0 unspecified atom stereocenters. The molecule has 1 atom stereocenters. The Morgan fingerprint density at radius 2 is 1.72 bits per heavy atom. The zero-order valence-corrected chi connectivity index (χ0v) is 27.3. The molecule has 1 N–H and O–H groups in total. The number of anilines is 1. The SMILES string of the molecule is CCOc1ccc([C@H]2C(C(=O)Nc3ccccc3)=C(C)N=c3s/c(=C/c4ccccc4OCc4ccc(Cl)cc4Cl)c(=O)n32)cc1. The Balaban J connectivity index is 1.41. The lowest BCUT2D eigenvalue weighted by Crippen LogP contribution is -2.40. The number of rotatable bonds is 9. The number of hydrogen-bond acceptors (Lipinski definition) is 6. The van der Waals surface area contributed by atoms with Crippen LogP contribution in [-0.4, -0.2) is 17.1 Å². The molecule has 1 aliphatic heterocycles. The summed E-state index contributed by atoms with van der Waals surface area (Å²) in [5, 5.41) is 4.03. The van der Waals surface area contributed by atoms with E-state index in [4.69, 9.17) is 37.7 Å². The van der Waals surface area contributed by atoms with Gasteiger partial charge in [-0.15, -0.1) is 0 Å². The molecule has 1 amide bonds. The third kappa shape index (κ3) is 6.65. The average molecular weight is 671 g/mol. The first kappa shape index (κ1) is 31.4. The highest BCUT2D eigenvalue weighted by Crippen LogP contribution is 2.32. The second-order valence-corrected chi connectivity index (χ2v) is 12.3. The quantitative estimate of drug-likeness (QED) is 0.181. The number of nitrogens with one attached hydrogen (secondary N) is 1. The Hall–Kier alpha value is -4.63. The lowest BCUT2D eigenvalue weighted by molar-refractivity contribution is -0.113. The van der Waals surface area contributed by atoms with Gasteiger partial charge < -0.3 is 14.8 Å². The maximum absolute atomic E-state index is 14.2. The molecule has 7 nitrogen and oxygen atoms in total. The molecule has 0 fully saturated rings. The fraction of sp³-hybridized carbons (Fsp3) is 0.139. The minimum atomic E-state index is -0.712. The molecule has 46 heavy (non-hydrogen) atoms. The third-order valence-electron chi connectivity index (χ3n) is 7.41. The molecule has 0 bridgehead atoms. The number of aromatic nitrogens is 1. The van der Waals surface area contributed by atoms with E-state index in [2.05, 4.69) is 5.32 Å². The second kappa shape index (κ2) is 13.8. The molecule has 5 aromatic rings. The number of carbonyl (C=O) groups is 1. The summed E-state index contributed by atoms with van der Waals surface area (Å²) < 4.78 is 13.8. The normalized spacial score (nSPS) is 14.4. The Labute approximate surface area is 279 Å². The minimum absolute atomic E-state index is 0.221. The van der Waals surface area contributed by atoms with Gasteiger partial charge in [-0.25, -0.2) is 4.99 Å². The van der Waals surface area contributed by atoms with Gasteiger partial charge in [-0.1, -0.05) is 89.1 Å². The van der Waals surface area contributed by atoms with E-state index < -0.39 is 6.04 Å². The number of nitrogens with zero attached hydrogens (tertiary/aromatic N) is 2. The van der Waals surface area contributed by atoms with Crippen molar-refractivity contribution in [3.8, 4) is 11.5 Å². The van der Waals surface area contributed by atoms with Crippen molar-refractivity contribution < 1.29 is 14.3 Å². The van der Waals surface area contributed by atoms with Crippen LogP contribution >= 0.6 is 34.5 Å². The molecular formula is C36H29Cl2N3O4S. The van der Waals surface area contributed by atoms with E-state index in [9.17, 15) is 9.59 Å². The Bertz CT molecular complexity index is 2120. The highest BCUT2D eigenvalue weighted by Gasteiger charge is 2.32. The van der Waals surface area contributed by atoms with E-state index >= 15 is 0 Å². The van der Waals surface area contributed by atoms with Gasteiger partial charge in [0, 0.05) is 26.9 Å². The summed E-state index contributed by atoms with van der Waals surface area (Å²) in [5.74, 6) is 0.952. The molecule has 1 aliphatic rings. The van der Waals surface area contributed by atoms with E-state index in [1.165, 1.54) is 11.3 Å². The van der Waals surface area contributed by atoms with E-state index in [-0.39, 0.29) is 18.1 Å². The lowest BCUT2D eigenvalue weighted by atomic mass is 9.95. The maximum Gasteiger partial charge on any atom is 0.271 e. The minimum Gasteiger partial charge on any atom is -0.494 e. The summed E-state index contributed by atoms with van der Waals surface area (Å²) >= 11 is 13.7. The van der Waals surface area contributed by atoms with Crippen molar-refractivity contribution in [2.24, 2.45) is 4.99 Å². The monoisotopic (exact) mass is 669 g/mol. The van der Waals surface area contributed by atoms with Crippen LogP contribution in [-0.2, 0) is 11.4 Å². The summed E-state index contributed by atoms with van der Waals surface area (Å²) in [4.78, 5) is 33.3. The molecule has 10 heteroatoms. The molecule has 1 aromatic heterocycles. The van der Waals surface area contributed by atoms with Crippen LogP contribution in [0, 0.1) is 0 Å². The van der Waals surface area contributed by atoms with Gasteiger partial charge in [0.25, 0.3) is 11.5 Å². The van der Waals surface area contributed by atoms with Crippen molar-refractivity contribution in [2.45, 2.75) is 26.5 Å². The van der Waals surface area contributed by atoms with Gasteiger partial charge in [0.15, 0.2) is 4.80 Å². The molecule has 232 valence electrons. The molecule has 0 aliphatic carbocycles. The largest absolute Gasteiger partial charge is 0.494 e. The van der Waals surface area contributed by atoms with E-state index in [1.807, 2.05) is 91.9 Å². The van der Waals surface area contributed by atoms with Crippen LogP contribution in [0.4, 0.5) is 5.69 Å². The maximum atomic E-state index is 14.2. The Morgan fingerprint density at radius 1 is 0.978 bits per heavy atom. The first-order valence-electron chi connectivity index (χ1n) is 14.6. The van der Waals surface area contributed by atoms with Gasteiger partial charge in [0.1, 0.15) is 18.1 Å². The van der Waals surface area contributed by atoms with E-state index in [0.29, 0.717) is 60.0 Å². The van der Waals surface area contributed by atoms with Crippen LogP contribution in [0.5, 0.6) is 11.5 Å². The Morgan fingerprint density at radius 3 is 2.46 bits per heavy atom. The summed E-state index contributed by atoms with van der Waals surface area (Å²) in [5.41, 5.74) is 3.55. The summed E-state index contributed by atoms with van der Waals surface area (Å²) in [6.45, 7) is 4.46. The first-order chi connectivity index (χ1) is 22.3. The van der Waals surface area contributed by atoms with Crippen molar-refractivity contribution >= 4 is 52.2 Å². The number of allylic oxidation sites excluding steroid dienone is 1. The van der Waals surface area contributed by atoms with Crippen LogP contribution < -0.4 is 29.7 Å². The second-order valence-electron chi connectivity index (χ2n) is 10.5. The molecule has 0 saturated heterocycles. The van der Waals surface area contributed by atoms with Crippen molar-refractivity contribution in [1.29, 1.82) is 0 Å². The predicted molar refractivity (Wildman–Crippen MR) is 184 cm³/mol. The van der Waals surface area contributed by atoms with Gasteiger partial charge in [0.2, 0.25) is 0 Å². The van der Waals surface area contributed by atoms with Gasteiger partial charge >= 0.3 is 0 Å². The number of hydrogen-bond donors (Lipinski definition) is 1. The average Bonchev–Trinajstić information content (AvgIpc) is 3.35. The number of halogens is 2. The summed E-state index contributed by atoms with van der Waals surface area (Å²) in [7, 11) is 0. The van der Waals surface area contributed by atoms with Crippen molar-refractivity contribution in [3.05, 3.63) is 155 Å². The highest BCUT2D eigenvalue weighted by atomic mass is 35.5. The number of benzene rings is 4. The molecular weight excluding hydrogens is 641 g/mol. The van der Waals surface area contributed by atoms with Gasteiger partial charge in [-0.3, -0.25) is 14.2 Å². The first-order valence-corrected chi connectivity index (χ1v) is 16.2. The highest BCUT2D eigenvalue weighted by molar-refractivity contribution is 7.07. The molecule has 0 spiro atoms. The number of carbonyl (C=O) groups excluding carboxylic acids is 1. The predicted octanol–water partition coefficient (Wildman–Crippen LogP) is 7.16. The van der Waals surface area contributed by atoms with Crippen molar-refractivity contribution in [2.75, 3.05) is 11.9 Å². The smallest absolute Gasteiger partial charge is 0.271 e. The zero-order chi connectivity index (χ0) is 32.2. The number of thiazole rings is 1. The number of ether oxygens (including phenoxy) is 2. The van der Waals surface area contributed by atoms with Crippen LogP contribution in [0.3, 0.4) is 0 Å². The molecule has 4 aromatic carbocycles. The third-order valence-corrected chi connectivity index (χ3v) is 8.98. The number of para-hydroxylation sites is 2. The molecule has 2 heterocycles. The summed E-state index contributed by atoms with van der Waals surface area (Å²) in [6, 6.07) is 28.7. The standard InChI is InChI=1S/C36H29Cl2N3O4S/c1-3-44-28-17-14-23(15-18-28)33-32(34(42)40-27-10-5-4-6-11-27)22(2)39-36-41(33)35(43)31(46-36)19-24-9-7-8-12-30(24)45-21-25-13-16-26(37)20-29(25)38/h4-20,33H,3,21H2,1-2H3,(H,40,42)/b31-19+/t33-/m0/s1. The molecule has 6 rings (SSSR count). The molecule has 0 saturated carbocycles.